The molecule has 2 heterocycles. The molecule has 6 heteroatoms. The van der Waals surface area contributed by atoms with Crippen molar-refractivity contribution in [1.82, 2.24) is 15.2 Å². The molecule has 0 saturated carbocycles. The van der Waals surface area contributed by atoms with E-state index >= 15 is 0 Å². The van der Waals surface area contributed by atoms with Crippen LogP contribution in [0, 0.1) is 5.92 Å². The van der Waals surface area contributed by atoms with E-state index in [1.807, 2.05) is 19.2 Å². The second kappa shape index (κ2) is 10.1. The second-order valence-corrected chi connectivity index (χ2v) is 6.18. The molecule has 1 aliphatic rings. The molecule has 0 aliphatic carbocycles. The van der Waals surface area contributed by atoms with Gasteiger partial charge in [-0.1, -0.05) is 19.4 Å². The van der Waals surface area contributed by atoms with Gasteiger partial charge in [0.05, 0.1) is 13.2 Å². The zero-order chi connectivity index (χ0) is 17.2. The number of guanidine groups is 1. The summed E-state index contributed by atoms with van der Waals surface area (Å²) < 4.78 is 11.2. The lowest BCUT2D eigenvalue weighted by Gasteiger charge is -2.24. The summed E-state index contributed by atoms with van der Waals surface area (Å²) in [6.07, 6.45) is 5.05. The third-order valence-electron chi connectivity index (χ3n) is 4.15. The van der Waals surface area contributed by atoms with Gasteiger partial charge in [0.2, 0.25) is 5.88 Å². The molecule has 0 amide bonds. The predicted octanol–water partition coefficient (Wildman–Crippen LogP) is 2.30. The fourth-order valence-electron chi connectivity index (χ4n) is 2.76. The number of hydrogen-bond donors (Lipinski definition) is 1. The fourth-order valence-corrected chi connectivity index (χ4v) is 2.76. The minimum absolute atomic E-state index is 0.583. The Bertz CT molecular complexity index is 515. The lowest BCUT2D eigenvalue weighted by Crippen LogP contribution is -2.41. The molecule has 0 spiro atoms. The van der Waals surface area contributed by atoms with Gasteiger partial charge >= 0.3 is 0 Å². The lowest BCUT2D eigenvalue weighted by molar-refractivity contribution is 0.181. The first-order valence-electron chi connectivity index (χ1n) is 8.80. The van der Waals surface area contributed by atoms with E-state index in [0.717, 1.165) is 50.5 Å². The van der Waals surface area contributed by atoms with Crippen LogP contribution in [0.25, 0.3) is 0 Å². The van der Waals surface area contributed by atoms with Crippen molar-refractivity contribution in [2.75, 3.05) is 40.5 Å². The van der Waals surface area contributed by atoms with Crippen molar-refractivity contribution in [1.29, 1.82) is 0 Å². The number of unbranched alkanes of at least 4 members (excludes halogenated alkanes) is 1. The standard InChI is InChI=1S/C18H30N4O2/c1-4-5-10-24-17-16(7-6-9-20-17)12-21-18(19-2)22(3)13-15-8-11-23-14-15/h6-7,9,15H,4-5,8,10-14H2,1-3H3,(H,19,21). The second-order valence-electron chi connectivity index (χ2n) is 6.18. The van der Waals surface area contributed by atoms with Gasteiger partial charge in [-0.25, -0.2) is 4.98 Å². The number of rotatable bonds is 8. The number of nitrogens with zero attached hydrogens (tertiary/aromatic N) is 3. The molecule has 1 unspecified atom stereocenters. The van der Waals surface area contributed by atoms with E-state index in [-0.39, 0.29) is 0 Å². The van der Waals surface area contributed by atoms with Crippen molar-refractivity contribution in [3.63, 3.8) is 0 Å². The number of hydrogen-bond acceptors (Lipinski definition) is 4. The van der Waals surface area contributed by atoms with E-state index in [2.05, 4.69) is 34.2 Å². The third-order valence-corrected chi connectivity index (χ3v) is 4.15. The minimum Gasteiger partial charge on any atom is -0.477 e. The molecule has 6 nitrogen and oxygen atoms in total. The van der Waals surface area contributed by atoms with Gasteiger partial charge in [-0.3, -0.25) is 4.99 Å². The van der Waals surface area contributed by atoms with Crippen molar-refractivity contribution in [2.24, 2.45) is 10.9 Å². The maximum absolute atomic E-state index is 5.79. The predicted molar refractivity (Wildman–Crippen MR) is 96.4 cm³/mol. The molecule has 2 rings (SSSR count). The number of aromatic nitrogens is 1. The van der Waals surface area contributed by atoms with E-state index in [1.165, 1.54) is 0 Å². The molecule has 1 N–H and O–H groups in total. The van der Waals surface area contributed by atoms with E-state index in [9.17, 15) is 0 Å². The maximum Gasteiger partial charge on any atom is 0.218 e. The SMILES string of the molecule is CCCCOc1ncccc1CNC(=NC)N(C)CC1CCOC1. The Morgan fingerprint density at radius 2 is 2.42 bits per heavy atom. The smallest absolute Gasteiger partial charge is 0.218 e. The number of pyridine rings is 1. The van der Waals surface area contributed by atoms with Crippen molar-refractivity contribution >= 4 is 5.96 Å². The molecule has 24 heavy (non-hydrogen) atoms. The maximum atomic E-state index is 5.79. The summed E-state index contributed by atoms with van der Waals surface area (Å²) in [5, 5.41) is 3.41. The monoisotopic (exact) mass is 334 g/mol. The van der Waals surface area contributed by atoms with Crippen molar-refractivity contribution in [3.8, 4) is 5.88 Å². The van der Waals surface area contributed by atoms with Crippen LogP contribution in [-0.2, 0) is 11.3 Å². The van der Waals surface area contributed by atoms with Crippen molar-refractivity contribution in [3.05, 3.63) is 23.9 Å². The molecule has 0 bridgehead atoms. The van der Waals surface area contributed by atoms with Crippen LogP contribution in [0.4, 0.5) is 0 Å². The van der Waals surface area contributed by atoms with Crippen LogP contribution < -0.4 is 10.1 Å². The molecule has 1 aliphatic heterocycles. The van der Waals surface area contributed by atoms with Crippen molar-refractivity contribution < 1.29 is 9.47 Å². The van der Waals surface area contributed by atoms with Gasteiger partial charge in [-0.15, -0.1) is 0 Å². The summed E-state index contributed by atoms with van der Waals surface area (Å²) in [7, 11) is 3.88. The molecule has 0 radical (unpaired) electrons. The highest BCUT2D eigenvalue weighted by Crippen LogP contribution is 2.15. The molecular weight excluding hydrogens is 304 g/mol. The van der Waals surface area contributed by atoms with Crippen LogP contribution in [0.15, 0.2) is 23.3 Å². The molecule has 1 aromatic heterocycles. The topological polar surface area (TPSA) is 59.0 Å². The number of nitrogens with one attached hydrogen (secondary N) is 1. The Labute approximate surface area is 145 Å². The Kier molecular flexibility index (Phi) is 7.82. The zero-order valence-corrected chi connectivity index (χ0v) is 15.1. The summed E-state index contributed by atoms with van der Waals surface area (Å²) in [6, 6.07) is 3.98. The van der Waals surface area contributed by atoms with E-state index in [0.29, 0.717) is 24.9 Å². The highest BCUT2D eigenvalue weighted by Gasteiger charge is 2.19. The van der Waals surface area contributed by atoms with Crippen molar-refractivity contribution in [2.45, 2.75) is 32.7 Å². The summed E-state index contributed by atoms with van der Waals surface area (Å²) in [5.74, 6) is 2.17. The quantitative estimate of drug-likeness (QED) is 0.449. The van der Waals surface area contributed by atoms with E-state index < -0.39 is 0 Å². The largest absolute Gasteiger partial charge is 0.477 e. The first-order valence-corrected chi connectivity index (χ1v) is 8.80. The Hall–Kier alpha value is -1.82. The van der Waals surface area contributed by atoms with Gasteiger partial charge in [-0.2, -0.15) is 0 Å². The Morgan fingerprint density at radius 3 is 3.12 bits per heavy atom. The average Bonchev–Trinajstić information content (AvgIpc) is 3.10. The van der Waals surface area contributed by atoms with Gasteiger partial charge < -0.3 is 19.7 Å². The van der Waals surface area contributed by atoms with Crippen LogP contribution in [0.1, 0.15) is 31.7 Å². The van der Waals surface area contributed by atoms with Crippen LogP contribution in [0.2, 0.25) is 0 Å². The van der Waals surface area contributed by atoms with Crippen LogP contribution in [0.3, 0.4) is 0 Å². The molecule has 0 aromatic carbocycles. The summed E-state index contributed by atoms with van der Waals surface area (Å²) in [5.41, 5.74) is 1.05. The van der Waals surface area contributed by atoms with Crippen LogP contribution in [0.5, 0.6) is 5.88 Å². The van der Waals surface area contributed by atoms with Crippen LogP contribution in [-0.4, -0.2) is 56.3 Å². The third kappa shape index (κ3) is 5.67. The fraction of sp³-hybridized carbons (Fsp3) is 0.667. The van der Waals surface area contributed by atoms with Gasteiger partial charge in [-0.05, 0) is 18.9 Å². The Morgan fingerprint density at radius 1 is 1.54 bits per heavy atom. The summed E-state index contributed by atoms with van der Waals surface area (Å²) in [6.45, 7) is 6.17. The number of ether oxygens (including phenoxy) is 2. The summed E-state index contributed by atoms with van der Waals surface area (Å²) in [4.78, 5) is 10.9. The lowest BCUT2D eigenvalue weighted by atomic mass is 10.1. The van der Waals surface area contributed by atoms with E-state index in [1.54, 1.807) is 6.20 Å². The first kappa shape index (κ1) is 18.5. The Balaban J connectivity index is 1.88. The van der Waals surface area contributed by atoms with Crippen LogP contribution >= 0.6 is 0 Å². The molecular formula is C18H30N4O2. The molecule has 1 aromatic rings. The van der Waals surface area contributed by atoms with E-state index in [4.69, 9.17) is 9.47 Å². The molecule has 134 valence electrons. The average molecular weight is 334 g/mol. The first-order chi connectivity index (χ1) is 11.7. The highest BCUT2D eigenvalue weighted by atomic mass is 16.5. The summed E-state index contributed by atoms with van der Waals surface area (Å²) >= 11 is 0. The molecule has 1 fully saturated rings. The zero-order valence-electron chi connectivity index (χ0n) is 15.1. The van der Waals surface area contributed by atoms with Gasteiger partial charge in [0, 0.05) is 51.5 Å². The molecule has 1 saturated heterocycles. The minimum atomic E-state index is 0.583. The number of aliphatic imine (C=N–C) groups is 1. The molecule has 1 atom stereocenters. The van der Waals surface area contributed by atoms with Gasteiger partial charge in [0.25, 0.3) is 0 Å². The van der Waals surface area contributed by atoms with Gasteiger partial charge in [0.1, 0.15) is 0 Å². The van der Waals surface area contributed by atoms with Gasteiger partial charge in [0.15, 0.2) is 5.96 Å². The normalized spacial score (nSPS) is 17.8. The highest BCUT2D eigenvalue weighted by molar-refractivity contribution is 5.79.